The van der Waals surface area contributed by atoms with Gasteiger partial charge in [0, 0.05) is 18.5 Å². The van der Waals surface area contributed by atoms with Crippen LogP contribution in [0.5, 0.6) is 0 Å². The molecule has 2 atom stereocenters. The Morgan fingerprint density at radius 3 is 2.86 bits per heavy atom. The van der Waals surface area contributed by atoms with Crippen molar-refractivity contribution in [2.45, 2.75) is 44.1 Å². The Balaban J connectivity index is 1.99. The predicted molar refractivity (Wildman–Crippen MR) is 61.0 cm³/mol. The molecule has 0 aromatic heterocycles. The zero-order valence-corrected chi connectivity index (χ0v) is 10.1. The van der Waals surface area contributed by atoms with Crippen LogP contribution in [0.25, 0.3) is 0 Å². The van der Waals surface area contributed by atoms with E-state index >= 15 is 0 Å². The fourth-order valence-corrected chi connectivity index (χ4v) is 1.84. The Morgan fingerprint density at radius 1 is 1.50 bits per heavy atom. The molecule has 1 saturated heterocycles. The van der Waals surface area contributed by atoms with Crippen molar-refractivity contribution in [1.82, 2.24) is 4.90 Å². The average Bonchev–Trinajstić information content (AvgIpc) is 2.63. The SMILES string of the molecule is CC(Cl)CCN(C)CCC1CCCO1. The summed E-state index contributed by atoms with van der Waals surface area (Å²) in [4.78, 5) is 2.35. The van der Waals surface area contributed by atoms with E-state index in [1.54, 1.807) is 0 Å². The first kappa shape index (κ1) is 12.3. The molecular formula is C11H22ClNO. The highest BCUT2D eigenvalue weighted by molar-refractivity contribution is 6.20. The van der Waals surface area contributed by atoms with E-state index in [0.717, 1.165) is 26.1 Å². The van der Waals surface area contributed by atoms with Crippen LogP contribution in [0.4, 0.5) is 0 Å². The number of halogens is 1. The molecular weight excluding hydrogens is 198 g/mol. The van der Waals surface area contributed by atoms with Gasteiger partial charge in [-0.3, -0.25) is 0 Å². The maximum atomic E-state index is 5.90. The summed E-state index contributed by atoms with van der Waals surface area (Å²) < 4.78 is 5.58. The molecule has 0 spiro atoms. The van der Waals surface area contributed by atoms with E-state index in [-0.39, 0.29) is 0 Å². The van der Waals surface area contributed by atoms with Crippen molar-refractivity contribution < 1.29 is 4.74 Å². The van der Waals surface area contributed by atoms with E-state index in [4.69, 9.17) is 16.3 Å². The van der Waals surface area contributed by atoms with Crippen molar-refractivity contribution in [3.63, 3.8) is 0 Å². The summed E-state index contributed by atoms with van der Waals surface area (Å²) in [7, 11) is 2.16. The summed E-state index contributed by atoms with van der Waals surface area (Å²) in [6, 6.07) is 0. The molecule has 0 N–H and O–H groups in total. The van der Waals surface area contributed by atoms with Crippen LogP contribution >= 0.6 is 11.6 Å². The minimum atomic E-state index is 0.292. The second kappa shape index (κ2) is 6.65. The maximum absolute atomic E-state index is 5.90. The first-order valence-electron chi connectivity index (χ1n) is 5.62. The van der Waals surface area contributed by atoms with Crippen molar-refractivity contribution >= 4 is 11.6 Å². The third-order valence-electron chi connectivity index (χ3n) is 2.77. The van der Waals surface area contributed by atoms with Gasteiger partial charge in [0.15, 0.2) is 0 Å². The van der Waals surface area contributed by atoms with Crippen LogP contribution in [0.2, 0.25) is 0 Å². The molecule has 3 heteroatoms. The average molecular weight is 220 g/mol. The minimum absolute atomic E-state index is 0.292. The van der Waals surface area contributed by atoms with Crippen LogP contribution in [0.3, 0.4) is 0 Å². The van der Waals surface area contributed by atoms with E-state index in [9.17, 15) is 0 Å². The van der Waals surface area contributed by atoms with Gasteiger partial charge >= 0.3 is 0 Å². The molecule has 0 aromatic rings. The van der Waals surface area contributed by atoms with Crippen LogP contribution in [-0.2, 0) is 4.74 Å². The van der Waals surface area contributed by atoms with Crippen molar-refractivity contribution in [1.29, 1.82) is 0 Å². The van der Waals surface area contributed by atoms with Crippen molar-refractivity contribution in [2.24, 2.45) is 0 Å². The summed E-state index contributed by atoms with van der Waals surface area (Å²) in [6.45, 7) is 5.24. The smallest absolute Gasteiger partial charge is 0.0588 e. The number of hydrogen-bond donors (Lipinski definition) is 0. The molecule has 1 aliphatic rings. The van der Waals surface area contributed by atoms with Crippen LogP contribution in [0, 0.1) is 0 Å². The van der Waals surface area contributed by atoms with E-state index in [1.807, 2.05) is 0 Å². The molecule has 0 saturated carbocycles. The van der Waals surface area contributed by atoms with Gasteiger partial charge in [-0.1, -0.05) is 0 Å². The minimum Gasteiger partial charge on any atom is -0.378 e. The summed E-state index contributed by atoms with van der Waals surface area (Å²) in [6.07, 6.45) is 5.26. The molecule has 0 radical (unpaired) electrons. The normalized spacial score (nSPS) is 24.4. The molecule has 2 nitrogen and oxygen atoms in total. The Kier molecular flexibility index (Phi) is 5.83. The molecule has 0 bridgehead atoms. The van der Waals surface area contributed by atoms with Gasteiger partial charge in [0.25, 0.3) is 0 Å². The van der Waals surface area contributed by atoms with Gasteiger partial charge in [-0.05, 0) is 46.2 Å². The molecule has 84 valence electrons. The van der Waals surface area contributed by atoms with Crippen molar-refractivity contribution in [3.05, 3.63) is 0 Å². The van der Waals surface area contributed by atoms with Gasteiger partial charge < -0.3 is 9.64 Å². The van der Waals surface area contributed by atoms with Crippen LogP contribution in [0.1, 0.15) is 32.6 Å². The lowest BCUT2D eigenvalue weighted by Gasteiger charge is -2.19. The second-order valence-electron chi connectivity index (χ2n) is 4.30. The molecule has 0 aromatic carbocycles. The Labute approximate surface area is 92.6 Å². The van der Waals surface area contributed by atoms with E-state index in [2.05, 4.69) is 18.9 Å². The number of nitrogens with zero attached hydrogens (tertiary/aromatic N) is 1. The first-order chi connectivity index (χ1) is 6.68. The number of rotatable bonds is 6. The topological polar surface area (TPSA) is 12.5 Å². The van der Waals surface area contributed by atoms with E-state index < -0.39 is 0 Å². The lowest BCUT2D eigenvalue weighted by atomic mass is 10.2. The lowest BCUT2D eigenvalue weighted by molar-refractivity contribution is 0.0950. The van der Waals surface area contributed by atoms with Gasteiger partial charge in [0.05, 0.1) is 6.10 Å². The van der Waals surface area contributed by atoms with Gasteiger partial charge in [-0.2, -0.15) is 0 Å². The number of ether oxygens (including phenoxy) is 1. The van der Waals surface area contributed by atoms with Gasteiger partial charge in [-0.15, -0.1) is 11.6 Å². The van der Waals surface area contributed by atoms with Crippen LogP contribution in [-0.4, -0.2) is 43.1 Å². The number of alkyl halides is 1. The lowest BCUT2D eigenvalue weighted by Crippen LogP contribution is -2.25. The van der Waals surface area contributed by atoms with Gasteiger partial charge in [0.2, 0.25) is 0 Å². The fraction of sp³-hybridized carbons (Fsp3) is 1.00. The van der Waals surface area contributed by atoms with E-state index in [1.165, 1.54) is 19.3 Å². The zero-order chi connectivity index (χ0) is 10.4. The molecule has 0 amide bonds. The third kappa shape index (κ3) is 5.18. The summed E-state index contributed by atoms with van der Waals surface area (Å²) in [5, 5.41) is 0.292. The van der Waals surface area contributed by atoms with Crippen molar-refractivity contribution in [2.75, 3.05) is 26.7 Å². The molecule has 1 heterocycles. The summed E-state index contributed by atoms with van der Waals surface area (Å²) in [5.74, 6) is 0. The highest BCUT2D eigenvalue weighted by atomic mass is 35.5. The summed E-state index contributed by atoms with van der Waals surface area (Å²) >= 11 is 5.90. The standard InChI is InChI=1S/C11H22ClNO/c1-10(12)5-7-13(2)8-6-11-4-3-9-14-11/h10-11H,3-9H2,1-2H3. The Bertz CT molecular complexity index is 146. The molecule has 1 aliphatic heterocycles. The molecule has 0 aliphatic carbocycles. The molecule has 14 heavy (non-hydrogen) atoms. The van der Waals surface area contributed by atoms with Crippen LogP contribution < -0.4 is 0 Å². The third-order valence-corrected chi connectivity index (χ3v) is 2.98. The second-order valence-corrected chi connectivity index (χ2v) is 5.04. The monoisotopic (exact) mass is 219 g/mol. The largest absolute Gasteiger partial charge is 0.378 e. The van der Waals surface area contributed by atoms with Crippen LogP contribution in [0.15, 0.2) is 0 Å². The first-order valence-corrected chi connectivity index (χ1v) is 6.06. The van der Waals surface area contributed by atoms with Gasteiger partial charge in [-0.25, -0.2) is 0 Å². The van der Waals surface area contributed by atoms with Gasteiger partial charge in [0.1, 0.15) is 0 Å². The molecule has 1 fully saturated rings. The quantitative estimate of drug-likeness (QED) is 0.637. The summed E-state index contributed by atoms with van der Waals surface area (Å²) in [5.41, 5.74) is 0. The van der Waals surface area contributed by atoms with E-state index in [0.29, 0.717) is 11.5 Å². The Hall–Kier alpha value is 0.210. The highest BCUT2D eigenvalue weighted by Gasteiger charge is 2.15. The fourth-order valence-electron chi connectivity index (χ4n) is 1.75. The van der Waals surface area contributed by atoms with Crippen molar-refractivity contribution in [3.8, 4) is 0 Å². The number of hydrogen-bond acceptors (Lipinski definition) is 2. The predicted octanol–water partition coefficient (Wildman–Crippen LogP) is 2.50. The zero-order valence-electron chi connectivity index (χ0n) is 9.34. The highest BCUT2D eigenvalue weighted by Crippen LogP contribution is 2.15. The maximum Gasteiger partial charge on any atom is 0.0588 e. The molecule has 2 unspecified atom stereocenters. The molecule has 1 rings (SSSR count). The Morgan fingerprint density at radius 2 is 2.29 bits per heavy atom.